The van der Waals surface area contributed by atoms with Gasteiger partial charge in [0.25, 0.3) is 0 Å². The molecule has 1 nitrogen and oxygen atoms in total. The SMILES string of the molecule is C1CC[CH]([Sn]([O][Sn]([CH]2CCCC2)([CH]2CCCC2)[CH]2CCCC2)([CH]2CCCC2)[CH]2CCCC2)C1. The molecule has 0 bridgehead atoms. The van der Waals surface area contributed by atoms with Gasteiger partial charge in [0.2, 0.25) is 0 Å². The van der Waals surface area contributed by atoms with Crippen LogP contribution in [0.25, 0.3) is 0 Å². The Morgan fingerprint density at radius 3 is 0.576 bits per heavy atom. The summed E-state index contributed by atoms with van der Waals surface area (Å²) in [5.74, 6) is 0. The fraction of sp³-hybridized carbons (Fsp3) is 1.00. The topological polar surface area (TPSA) is 9.23 Å². The van der Waals surface area contributed by atoms with E-state index in [1.54, 1.807) is 154 Å². The monoisotopic (exact) mass is 670 g/mol. The molecule has 188 valence electrons. The van der Waals surface area contributed by atoms with E-state index in [0.717, 1.165) is 23.6 Å². The first-order valence-electron chi connectivity index (χ1n) is 16.0. The van der Waals surface area contributed by atoms with E-state index in [4.69, 9.17) is 1.41 Å². The molecule has 0 unspecified atom stereocenters. The van der Waals surface area contributed by atoms with E-state index >= 15 is 0 Å². The van der Waals surface area contributed by atoms with E-state index in [1.807, 2.05) is 0 Å². The minimum absolute atomic E-state index is 1.14. The summed E-state index contributed by atoms with van der Waals surface area (Å²) in [6.45, 7) is 0. The Balaban J connectivity index is 1.47. The van der Waals surface area contributed by atoms with E-state index in [9.17, 15) is 0 Å². The van der Waals surface area contributed by atoms with Gasteiger partial charge in [-0.05, 0) is 0 Å². The van der Waals surface area contributed by atoms with E-state index < -0.39 is 37.6 Å². The van der Waals surface area contributed by atoms with Gasteiger partial charge in [-0.25, -0.2) is 0 Å². The van der Waals surface area contributed by atoms with E-state index in [1.165, 1.54) is 0 Å². The molecular weight excluding hydrogens is 614 g/mol. The zero-order chi connectivity index (χ0) is 22.1. The van der Waals surface area contributed by atoms with Gasteiger partial charge in [-0.15, -0.1) is 0 Å². The third-order valence-corrected chi connectivity index (χ3v) is 59.6. The van der Waals surface area contributed by atoms with Crippen molar-refractivity contribution in [2.24, 2.45) is 0 Å². The average Bonchev–Trinajstić information content (AvgIpc) is 3.72. The molecule has 6 aliphatic rings. The number of rotatable bonds is 8. The first-order chi connectivity index (χ1) is 16.3. The van der Waals surface area contributed by atoms with Gasteiger partial charge in [0.15, 0.2) is 0 Å². The molecule has 6 rings (SSSR count). The van der Waals surface area contributed by atoms with Crippen LogP contribution >= 0.6 is 0 Å². The van der Waals surface area contributed by atoms with Gasteiger partial charge in [0.1, 0.15) is 0 Å². The normalized spacial score (nSPS) is 30.5. The predicted octanol–water partition coefficient (Wildman–Crippen LogP) is 10.6. The average molecular weight is 668 g/mol. The van der Waals surface area contributed by atoms with Gasteiger partial charge in [-0.2, -0.15) is 0 Å². The van der Waals surface area contributed by atoms with E-state index in [0.29, 0.717) is 0 Å². The van der Waals surface area contributed by atoms with Gasteiger partial charge in [0, 0.05) is 0 Å². The number of hydrogen-bond acceptors (Lipinski definition) is 1. The van der Waals surface area contributed by atoms with Crippen LogP contribution in [0.3, 0.4) is 0 Å². The maximum absolute atomic E-state index is 8.95. The molecule has 0 aromatic rings. The van der Waals surface area contributed by atoms with Crippen molar-refractivity contribution in [3.8, 4) is 0 Å². The first-order valence-corrected chi connectivity index (χ1v) is 28.3. The molecule has 0 spiro atoms. The molecular formula is C30H54OSn2. The zero-order valence-corrected chi connectivity index (χ0v) is 27.6. The van der Waals surface area contributed by atoms with Crippen molar-refractivity contribution in [2.75, 3.05) is 0 Å². The molecule has 0 radical (unpaired) electrons. The van der Waals surface area contributed by atoms with Crippen LogP contribution in [0.1, 0.15) is 154 Å². The van der Waals surface area contributed by atoms with Crippen molar-refractivity contribution < 1.29 is 1.41 Å². The molecule has 0 heterocycles. The van der Waals surface area contributed by atoms with Crippen molar-refractivity contribution in [1.82, 2.24) is 0 Å². The Kier molecular flexibility index (Phi) is 8.38. The summed E-state index contributed by atoms with van der Waals surface area (Å²) in [6, 6.07) is 0. The minimum atomic E-state index is -2.81. The molecule has 0 aliphatic heterocycles. The molecule has 0 aromatic heterocycles. The Bertz CT molecular complexity index is 478. The quantitative estimate of drug-likeness (QED) is 0.234. The van der Waals surface area contributed by atoms with Crippen molar-refractivity contribution in [3.05, 3.63) is 0 Å². The fourth-order valence-corrected chi connectivity index (χ4v) is 80.4. The van der Waals surface area contributed by atoms with Gasteiger partial charge in [-0.3, -0.25) is 0 Å². The van der Waals surface area contributed by atoms with Crippen LogP contribution in [0.5, 0.6) is 0 Å². The van der Waals surface area contributed by atoms with Crippen LogP contribution in [-0.4, -0.2) is 37.6 Å². The van der Waals surface area contributed by atoms with Crippen LogP contribution < -0.4 is 0 Å². The van der Waals surface area contributed by atoms with Gasteiger partial charge < -0.3 is 0 Å². The fourth-order valence-electron chi connectivity index (χ4n) is 11.1. The molecule has 0 aromatic carbocycles. The molecule has 0 atom stereocenters. The molecule has 3 heteroatoms. The molecule has 0 N–H and O–H groups in total. The van der Waals surface area contributed by atoms with Gasteiger partial charge in [-0.1, -0.05) is 0 Å². The van der Waals surface area contributed by atoms with Crippen LogP contribution in [-0.2, 0) is 1.41 Å². The van der Waals surface area contributed by atoms with Crippen molar-refractivity contribution >= 4 is 37.6 Å². The molecule has 33 heavy (non-hydrogen) atoms. The van der Waals surface area contributed by atoms with Crippen LogP contribution in [0.15, 0.2) is 0 Å². The van der Waals surface area contributed by atoms with Crippen LogP contribution in [0.2, 0.25) is 23.6 Å². The van der Waals surface area contributed by atoms with Crippen molar-refractivity contribution in [1.29, 1.82) is 0 Å². The second kappa shape index (κ2) is 11.1. The molecule has 6 saturated carbocycles. The summed E-state index contributed by atoms with van der Waals surface area (Å²) in [6.07, 6.45) is 38.1. The van der Waals surface area contributed by atoms with Crippen molar-refractivity contribution in [3.63, 3.8) is 0 Å². The molecule has 0 saturated heterocycles. The Morgan fingerprint density at radius 1 is 0.273 bits per heavy atom. The Hall–Kier alpha value is 1.56. The standard InChI is InChI=1S/6C5H9.O.2Sn/c6*1-2-4-5-3-1;;;/h6*1H,2-5H2;;;. The Labute approximate surface area is 215 Å². The van der Waals surface area contributed by atoms with Crippen LogP contribution in [0, 0.1) is 0 Å². The summed E-state index contributed by atoms with van der Waals surface area (Å²) in [5, 5.41) is 0. The molecule has 0 amide bonds. The number of hydrogen-bond donors (Lipinski definition) is 0. The second-order valence-corrected chi connectivity index (χ2v) is 41.9. The van der Waals surface area contributed by atoms with Gasteiger partial charge >= 0.3 is 217 Å². The third kappa shape index (κ3) is 4.57. The summed E-state index contributed by atoms with van der Waals surface area (Å²) < 4.78 is 15.8. The Morgan fingerprint density at radius 2 is 0.424 bits per heavy atom. The first kappa shape index (κ1) is 24.9. The molecule has 6 aliphatic carbocycles. The van der Waals surface area contributed by atoms with Crippen LogP contribution in [0.4, 0.5) is 0 Å². The summed E-state index contributed by atoms with van der Waals surface area (Å²) in [4.78, 5) is 0. The maximum atomic E-state index is 8.95. The summed E-state index contributed by atoms with van der Waals surface area (Å²) >= 11 is -5.61. The van der Waals surface area contributed by atoms with Crippen molar-refractivity contribution in [2.45, 2.75) is 178 Å². The van der Waals surface area contributed by atoms with Gasteiger partial charge in [0.05, 0.1) is 0 Å². The summed E-state index contributed by atoms with van der Waals surface area (Å²) in [5.41, 5.74) is 0. The van der Waals surface area contributed by atoms with E-state index in [-0.39, 0.29) is 0 Å². The molecule has 6 fully saturated rings. The predicted molar refractivity (Wildman–Crippen MR) is 146 cm³/mol. The second-order valence-electron chi connectivity index (χ2n) is 13.7. The summed E-state index contributed by atoms with van der Waals surface area (Å²) in [7, 11) is 0. The van der Waals surface area contributed by atoms with E-state index in [2.05, 4.69) is 0 Å². The zero-order valence-electron chi connectivity index (χ0n) is 21.8. The third-order valence-electron chi connectivity index (χ3n) is 12.3.